The maximum atomic E-state index is 11.8. The highest BCUT2D eigenvalue weighted by molar-refractivity contribution is 5.90. The van der Waals surface area contributed by atoms with Crippen LogP contribution in [0, 0.1) is 5.92 Å². The number of hydrogen-bond donors (Lipinski definition) is 3. The van der Waals surface area contributed by atoms with E-state index >= 15 is 0 Å². The minimum Gasteiger partial charge on any atom is -0.354 e. The SMILES string of the molecule is C[C@H](CNC(=O)[C@@H]1CNC(=O)N1)CN1CCCC1=O. The van der Waals surface area contributed by atoms with Gasteiger partial charge in [0.1, 0.15) is 6.04 Å². The summed E-state index contributed by atoms with van der Waals surface area (Å²) >= 11 is 0. The minimum absolute atomic E-state index is 0.182. The van der Waals surface area contributed by atoms with Gasteiger partial charge in [-0.15, -0.1) is 0 Å². The van der Waals surface area contributed by atoms with Crippen molar-refractivity contribution in [3.05, 3.63) is 0 Å². The summed E-state index contributed by atoms with van der Waals surface area (Å²) in [5.74, 6) is 0.222. The molecule has 7 nitrogen and oxygen atoms in total. The van der Waals surface area contributed by atoms with Gasteiger partial charge in [0.15, 0.2) is 0 Å². The zero-order chi connectivity index (χ0) is 13.8. The molecular weight excluding hydrogens is 248 g/mol. The summed E-state index contributed by atoms with van der Waals surface area (Å²) in [5.41, 5.74) is 0. The molecule has 0 bridgehead atoms. The first-order valence-electron chi connectivity index (χ1n) is 6.66. The topological polar surface area (TPSA) is 90.5 Å². The zero-order valence-corrected chi connectivity index (χ0v) is 11.1. The van der Waals surface area contributed by atoms with Crippen molar-refractivity contribution in [1.82, 2.24) is 20.9 Å². The zero-order valence-electron chi connectivity index (χ0n) is 11.1. The number of hydrogen-bond acceptors (Lipinski definition) is 3. The van der Waals surface area contributed by atoms with Crippen LogP contribution in [0.4, 0.5) is 4.79 Å². The molecule has 0 radical (unpaired) electrons. The van der Waals surface area contributed by atoms with Gasteiger partial charge in [-0.3, -0.25) is 9.59 Å². The van der Waals surface area contributed by atoms with Gasteiger partial charge in [-0.25, -0.2) is 4.79 Å². The average Bonchev–Trinajstić information content (AvgIpc) is 2.96. The van der Waals surface area contributed by atoms with Crippen molar-refractivity contribution >= 4 is 17.8 Å². The first kappa shape index (κ1) is 13.6. The molecule has 2 fully saturated rings. The normalized spacial score (nSPS) is 24.1. The van der Waals surface area contributed by atoms with Gasteiger partial charge < -0.3 is 20.9 Å². The van der Waals surface area contributed by atoms with Crippen molar-refractivity contribution in [2.75, 3.05) is 26.2 Å². The van der Waals surface area contributed by atoms with Gasteiger partial charge in [-0.2, -0.15) is 0 Å². The number of urea groups is 1. The van der Waals surface area contributed by atoms with Gasteiger partial charge in [-0.1, -0.05) is 6.92 Å². The Bertz CT molecular complexity index is 385. The predicted molar refractivity (Wildman–Crippen MR) is 68.3 cm³/mol. The van der Waals surface area contributed by atoms with Gasteiger partial charge in [0.05, 0.1) is 0 Å². The second kappa shape index (κ2) is 5.90. The number of carbonyl (C=O) groups excluding carboxylic acids is 3. The van der Waals surface area contributed by atoms with E-state index in [-0.39, 0.29) is 23.8 Å². The molecule has 7 heteroatoms. The Hall–Kier alpha value is -1.79. The van der Waals surface area contributed by atoms with Crippen LogP contribution in [-0.2, 0) is 9.59 Å². The van der Waals surface area contributed by atoms with Crippen LogP contribution in [-0.4, -0.2) is 55.0 Å². The lowest BCUT2D eigenvalue weighted by molar-refractivity contribution is -0.128. The van der Waals surface area contributed by atoms with Crippen LogP contribution in [0.1, 0.15) is 19.8 Å². The van der Waals surface area contributed by atoms with Crippen LogP contribution in [0.25, 0.3) is 0 Å². The van der Waals surface area contributed by atoms with E-state index in [0.717, 1.165) is 13.0 Å². The summed E-state index contributed by atoms with van der Waals surface area (Å²) in [7, 11) is 0. The van der Waals surface area contributed by atoms with E-state index in [9.17, 15) is 14.4 Å². The smallest absolute Gasteiger partial charge is 0.315 e. The van der Waals surface area contributed by atoms with E-state index in [2.05, 4.69) is 16.0 Å². The molecule has 4 amide bonds. The van der Waals surface area contributed by atoms with E-state index in [0.29, 0.717) is 26.1 Å². The molecule has 0 aromatic rings. The Labute approximate surface area is 112 Å². The summed E-state index contributed by atoms with van der Waals surface area (Å²) in [5, 5.41) is 7.87. The van der Waals surface area contributed by atoms with Gasteiger partial charge in [0, 0.05) is 32.6 Å². The molecule has 106 valence electrons. The third kappa shape index (κ3) is 3.59. The first-order chi connectivity index (χ1) is 9.06. The van der Waals surface area contributed by atoms with Crippen LogP contribution in [0.5, 0.6) is 0 Å². The Morgan fingerprint density at radius 2 is 2.32 bits per heavy atom. The maximum Gasteiger partial charge on any atom is 0.315 e. The molecule has 19 heavy (non-hydrogen) atoms. The molecule has 2 saturated heterocycles. The molecule has 2 heterocycles. The van der Waals surface area contributed by atoms with E-state index in [1.165, 1.54) is 0 Å². The molecule has 0 aliphatic carbocycles. The van der Waals surface area contributed by atoms with Crippen molar-refractivity contribution in [2.24, 2.45) is 5.92 Å². The first-order valence-corrected chi connectivity index (χ1v) is 6.66. The number of rotatable bonds is 5. The number of likely N-dealkylation sites (tertiary alicyclic amines) is 1. The molecule has 2 atom stereocenters. The Morgan fingerprint density at radius 3 is 2.89 bits per heavy atom. The largest absolute Gasteiger partial charge is 0.354 e. The molecule has 0 saturated carbocycles. The number of carbonyl (C=O) groups is 3. The summed E-state index contributed by atoms with van der Waals surface area (Å²) in [4.78, 5) is 36.0. The van der Waals surface area contributed by atoms with Gasteiger partial charge in [-0.05, 0) is 12.3 Å². The fraction of sp³-hybridized carbons (Fsp3) is 0.750. The second-order valence-electron chi connectivity index (χ2n) is 5.20. The van der Waals surface area contributed by atoms with Crippen molar-refractivity contribution in [1.29, 1.82) is 0 Å². The molecule has 2 aliphatic rings. The lowest BCUT2D eigenvalue weighted by atomic mass is 10.1. The lowest BCUT2D eigenvalue weighted by Crippen LogP contribution is -2.45. The highest BCUT2D eigenvalue weighted by Crippen LogP contribution is 2.11. The minimum atomic E-state index is -0.492. The van der Waals surface area contributed by atoms with Crippen LogP contribution in [0.3, 0.4) is 0 Å². The predicted octanol–water partition coefficient (Wildman–Crippen LogP) is -0.957. The molecule has 0 spiro atoms. The fourth-order valence-electron chi connectivity index (χ4n) is 2.35. The Morgan fingerprint density at radius 1 is 1.53 bits per heavy atom. The molecule has 0 aromatic heterocycles. The average molecular weight is 268 g/mol. The third-order valence-corrected chi connectivity index (χ3v) is 3.42. The van der Waals surface area contributed by atoms with Crippen molar-refractivity contribution < 1.29 is 14.4 Å². The quantitative estimate of drug-likeness (QED) is 0.600. The third-order valence-electron chi connectivity index (χ3n) is 3.42. The maximum absolute atomic E-state index is 11.8. The fourth-order valence-corrected chi connectivity index (χ4v) is 2.35. The molecule has 0 unspecified atom stereocenters. The number of amides is 4. The standard InChI is InChI=1S/C12H20N4O3/c1-8(7-16-4-2-3-10(16)17)5-13-11(18)9-6-14-12(19)15-9/h8-9H,2-7H2,1H3,(H,13,18)(H2,14,15,19)/t8-,9+/m1/s1. The summed E-state index contributed by atoms with van der Waals surface area (Å²) in [6.07, 6.45) is 1.57. The molecule has 2 rings (SSSR count). The van der Waals surface area contributed by atoms with E-state index in [1.54, 1.807) is 0 Å². The van der Waals surface area contributed by atoms with Crippen LogP contribution >= 0.6 is 0 Å². The highest BCUT2D eigenvalue weighted by Gasteiger charge is 2.27. The van der Waals surface area contributed by atoms with Crippen LogP contribution in [0.2, 0.25) is 0 Å². The second-order valence-corrected chi connectivity index (χ2v) is 5.20. The lowest BCUT2D eigenvalue weighted by Gasteiger charge is -2.21. The summed E-state index contributed by atoms with van der Waals surface area (Å²) in [6, 6.07) is -0.802. The van der Waals surface area contributed by atoms with Crippen molar-refractivity contribution in [3.8, 4) is 0 Å². The van der Waals surface area contributed by atoms with Crippen molar-refractivity contribution in [2.45, 2.75) is 25.8 Å². The van der Waals surface area contributed by atoms with Gasteiger partial charge >= 0.3 is 6.03 Å². The van der Waals surface area contributed by atoms with Gasteiger partial charge in [0.2, 0.25) is 11.8 Å². The Balaban J connectivity index is 1.68. The molecule has 3 N–H and O–H groups in total. The van der Waals surface area contributed by atoms with Crippen molar-refractivity contribution in [3.63, 3.8) is 0 Å². The molecular formula is C12H20N4O3. The highest BCUT2D eigenvalue weighted by atomic mass is 16.2. The van der Waals surface area contributed by atoms with E-state index in [4.69, 9.17) is 0 Å². The summed E-state index contributed by atoms with van der Waals surface area (Å²) < 4.78 is 0. The number of nitrogens with one attached hydrogen (secondary N) is 3. The van der Waals surface area contributed by atoms with Gasteiger partial charge in [0.25, 0.3) is 0 Å². The summed E-state index contributed by atoms with van der Waals surface area (Å²) in [6.45, 7) is 4.32. The monoisotopic (exact) mass is 268 g/mol. The van der Waals surface area contributed by atoms with E-state index < -0.39 is 6.04 Å². The molecule has 0 aromatic carbocycles. The van der Waals surface area contributed by atoms with E-state index in [1.807, 2.05) is 11.8 Å². The molecule has 2 aliphatic heterocycles. The Kier molecular flexibility index (Phi) is 4.24. The number of nitrogens with zero attached hydrogens (tertiary/aromatic N) is 1. The van der Waals surface area contributed by atoms with Crippen LogP contribution in [0.15, 0.2) is 0 Å². The van der Waals surface area contributed by atoms with Crippen LogP contribution < -0.4 is 16.0 Å².